The maximum Gasteiger partial charge on any atom is 0.262 e. The Labute approximate surface area is 316 Å². The zero-order valence-electron chi connectivity index (χ0n) is 30.2. The highest BCUT2D eigenvalue weighted by molar-refractivity contribution is 6.23. The van der Waals surface area contributed by atoms with Gasteiger partial charge in [-0.25, -0.2) is 4.39 Å². The number of amides is 4. The number of aromatic nitrogens is 2. The summed E-state index contributed by atoms with van der Waals surface area (Å²) in [5.74, 6) is 0.219. The molecule has 0 spiro atoms. The maximum atomic E-state index is 15.9. The lowest BCUT2D eigenvalue weighted by Crippen LogP contribution is -2.58. The number of phenols is 1. The number of aromatic hydroxyl groups is 1. The van der Waals surface area contributed by atoms with Crippen LogP contribution in [0.1, 0.15) is 40.0 Å². The number of alkyl halides is 1. The van der Waals surface area contributed by atoms with E-state index in [1.807, 2.05) is 23.1 Å². The van der Waals surface area contributed by atoms with Gasteiger partial charge < -0.3 is 20.2 Å². The summed E-state index contributed by atoms with van der Waals surface area (Å²) in [5, 5.41) is 25.0. The lowest BCUT2D eigenvalue weighted by molar-refractivity contribution is -0.136. The van der Waals surface area contributed by atoms with Crippen LogP contribution >= 0.6 is 0 Å². The molecule has 2 bridgehead atoms. The van der Waals surface area contributed by atoms with E-state index in [0.717, 1.165) is 68.1 Å². The van der Waals surface area contributed by atoms with Gasteiger partial charge in [0.05, 0.1) is 28.6 Å². The molecule has 3 unspecified atom stereocenters. The third kappa shape index (κ3) is 4.97. The van der Waals surface area contributed by atoms with Crippen LogP contribution in [-0.4, -0.2) is 137 Å². The summed E-state index contributed by atoms with van der Waals surface area (Å²) in [6.45, 7) is 7.45. The van der Waals surface area contributed by atoms with Crippen molar-refractivity contribution in [2.24, 2.45) is 23.2 Å². The number of nitrogens with zero attached hydrogens (tertiary/aromatic N) is 7. The second-order valence-electron chi connectivity index (χ2n) is 16.8. The van der Waals surface area contributed by atoms with Crippen LogP contribution in [-0.2, 0) is 9.59 Å². The topological polar surface area (TPSA) is 155 Å². The molecule has 8 heterocycles. The number of rotatable bonds is 7. The van der Waals surface area contributed by atoms with Crippen molar-refractivity contribution in [1.29, 1.82) is 0 Å². The van der Waals surface area contributed by atoms with Gasteiger partial charge in [0.1, 0.15) is 18.0 Å². The first-order valence-corrected chi connectivity index (χ1v) is 19.6. The van der Waals surface area contributed by atoms with Gasteiger partial charge in [0.2, 0.25) is 11.8 Å². The van der Waals surface area contributed by atoms with Gasteiger partial charge in [0.25, 0.3) is 11.8 Å². The Bertz CT molecular complexity index is 2180. The minimum absolute atomic E-state index is 0.0598. The zero-order chi connectivity index (χ0) is 37.3. The van der Waals surface area contributed by atoms with Crippen molar-refractivity contribution in [3.63, 3.8) is 0 Å². The molecule has 2 aromatic carbocycles. The quantitative estimate of drug-likeness (QED) is 0.303. The molecule has 15 heteroatoms. The summed E-state index contributed by atoms with van der Waals surface area (Å²) < 4.78 is 15.9. The van der Waals surface area contributed by atoms with Gasteiger partial charge in [-0.05, 0) is 61.1 Å². The number of piperazine rings is 1. The van der Waals surface area contributed by atoms with Gasteiger partial charge in [-0.15, -0.1) is 10.2 Å². The number of nitrogens with one attached hydrogen (secondary N) is 2. The monoisotopic (exact) mass is 747 g/mol. The van der Waals surface area contributed by atoms with Crippen molar-refractivity contribution in [1.82, 2.24) is 30.2 Å². The van der Waals surface area contributed by atoms with Crippen molar-refractivity contribution < 1.29 is 28.7 Å². The molecule has 0 radical (unpaired) electrons. The highest BCUT2D eigenvalue weighted by atomic mass is 19.1. The van der Waals surface area contributed by atoms with Crippen LogP contribution in [0.15, 0.2) is 48.5 Å². The lowest BCUT2D eigenvalue weighted by Gasteiger charge is -2.46. The van der Waals surface area contributed by atoms with E-state index < -0.39 is 35.8 Å². The first-order valence-electron chi connectivity index (χ1n) is 19.6. The molecule has 55 heavy (non-hydrogen) atoms. The van der Waals surface area contributed by atoms with E-state index in [-0.39, 0.29) is 42.2 Å². The Morgan fingerprint density at radius 3 is 2.58 bits per heavy atom. The minimum atomic E-state index is -1.02. The van der Waals surface area contributed by atoms with Crippen LogP contribution in [0.5, 0.6) is 5.75 Å². The normalized spacial score (nSPS) is 33.5. The molecule has 12 rings (SSSR count). The van der Waals surface area contributed by atoms with E-state index in [9.17, 15) is 24.3 Å². The third-order valence-electron chi connectivity index (χ3n) is 14.0. The molecule has 14 nitrogen and oxygen atoms in total. The number of hydrogen-bond acceptors (Lipinski definition) is 12. The van der Waals surface area contributed by atoms with Crippen LogP contribution in [0.2, 0.25) is 0 Å². The minimum Gasteiger partial charge on any atom is -0.507 e. The van der Waals surface area contributed by atoms with Crippen molar-refractivity contribution in [2.75, 3.05) is 74.0 Å². The summed E-state index contributed by atoms with van der Waals surface area (Å²) >= 11 is 0. The number of fused-ring (bicyclic) bond motifs is 5. The van der Waals surface area contributed by atoms with E-state index in [0.29, 0.717) is 53.3 Å². The lowest BCUT2D eigenvalue weighted by atomic mass is 9.93. The molecular formula is C40H42FN9O5. The van der Waals surface area contributed by atoms with E-state index in [4.69, 9.17) is 0 Å². The Morgan fingerprint density at radius 1 is 0.909 bits per heavy atom. The number of carbonyl (C=O) groups excluding carboxylic acids is 4. The number of hydrogen-bond donors (Lipinski definition) is 3. The first-order chi connectivity index (χ1) is 26.7. The Hall–Kier alpha value is -5.15. The van der Waals surface area contributed by atoms with Crippen LogP contribution in [0.3, 0.4) is 0 Å². The fourth-order valence-corrected chi connectivity index (χ4v) is 11.1. The average Bonchev–Trinajstić information content (AvgIpc) is 3.83. The Kier molecular flexibility index (Phi) is 7.20. The smallest absolute Gasteiger partial charge is 0.262 e. The summed E-state index contributed by atoms with van der Waals surface area (Å²) in [6.07, 6.45) is -0.150. The van der Waals surface area contributed by atoms with Gasteiger partial charge in [0, 0.05) is 93.9 Å². The molecular weight excluding hydrogens is 705 g/mol. The highest BCUT2D eigenvalue weighted by Gasteiger charge is 2.91. The van der Waals surface area contributed by atoms with Gasteiger partial charge >= 0.3 is 0 Å². The van der Waals surface area contributed by atoms with Gasteiger partial charge in [-0.2, -0.15) is 0 Å². The molecule has 1 aromatic heterocycles. The Morgan fingerprint density at radius 2 is 1.76 bits per heavy atom. The number of piperidine rings is 3. The van der Waals surface area contributed by atoms with E-state index in [1.165, 1.54) is 0 Å². The molecule has 2 aliphatic carbocycles. The maximum absolute atomic E-state index is 15.9. The number of halogens is 1. The van der Waals surface area contributed by atoms with E-state index in [2.05, 4.69) is 35.5 Å². The summed E-state index contributed by atoms with van der Waals surface area (Å²) in [4.78, 5) is 61.2. The van der Waals surface area contributed by atoms with Crippen molar-refractivity contribution in [3.05, 3.63) is 59.7 Å². The Balaban J connectivity index is 0.697. The summed E-state index contributed by atoms with van der Waals surface area (Å²) in [6, 6.07) is 14.1. The molecule has 5 saturated heterocycles. The van der Waals surface area contributed by atoms with Crippen LogP contribution in [0, 0.1) is 23.2 Å². The van der Waals surface area contributed by atoms with E-state index in [1.54, 1.807) is 30.3 Å². The number of phenolic OH excluding ortho intramolecular Hbond substituents is 1. The number of carbonyl (C=O) groups is 4. The van der Waals surface area contributed by atoms with Gasteiger partial charge in [-0.1, -0.05) is 12.1 Å². The predicted molar refractivity (Wildman–Crippen MR) is 198 cm³/mol. The average molecular weight is 748 g/mol. The molecule has 7 aliphatic heterocycles. The number of imide groups is 2. The fourth-order valence-electron chi connectivity index (χ4n) is 11.1. The molecule has 7 fully saturated rings. The number of para-hydroxylation sites is 1. The number of anilines is 3. The largest absolute Gasteiger partial charge is 0.507 e. The molecule has 284 valence electrons. The molecule has 9 aliphatic rings. The molecule has 8 atom stereocenters. The highest BCUT2D eigenvalue weighted by Crippen LogP contribution is 2.85. The molecule has 3 aromatic rings. The molecule has 3 N–H and O–H groups in total. The molecule has 4 amide bonds. The summed E-state index contributed by atoms with van der Waals surface area (Å²) in [7, 11) is 0. The van der Waals surface area contributed by atoms with Crippen molar-refractivity contribution in [2.45, 2.75) is 43.6 Å². The SMILES string of the molecule is O=C1CCC(N2C(=O)c3ccc(N4CC[C@H](CN5CC6[C@H]7C5[C@]67CN5CCN6c7cc(-c8ccccc8O)nnc7NC[C@H]6C5)[C@@H](F)C4)cc3C2=O)C(=O)N1. The van der Waals surface area contributed by atoms with Gasteiger partial charge in [-0.3, -0.25) is 39.2 Å². The second kappa shape index (κ2) is 11.9. The van der Waals surface area contributed by atoms with Crippen molar-refractivity contribution in [3.8, 4) is 17.0 Å². The van der Waals surface area contributed by atoms with Crippen molar-refractivity contribution >= 4 is 40.8 Å². The standard InChI is InChI=1S/C40H42FN9O5/c41-28-19-47(22-5-6-24-26(13-22)39(55)50(38(24)54)30-7-8-33(52)43-37(30)53)10-9-21(28)16-48-18-27-34-35(48)40(27,34)20-46-11-12-49-23(17-46)15-42-36-31(49)14-29(44-45-36)25-3-1-2-4-32(25)51/h1-6,13-14,21,23,27-28,30,34-35,51H,7-12,15-20H2,(H,42,45)(H,43,52,53)/t21-,23+,27?,28+,30?,34+,35?,40-/m1/s1. The van der Waals surface area contributed by atoms with Crippen LogP contribution in [0.25, 0.3) is 11.3 Å². The summed E-state index contributed by atoms with van der Waals surface area (Å²) in [5.41, 5.74) is 3.86. The zero-order valence-corrected chi connectivity index (χ0v) is 30.2. The number of benzene rings is 2. The second-order valence-corrected chi connectivity index (χ2v) is 16.8. The van der Waals surface area contributed by atoms with Crippen LogP contribution in [0.4, 0.5) is 21.6 Å². The van der Waals surface area contributed by atoms with Gasteiger partial charge in [0.15, 0.2) is 5.82 Å². The molecule has 2 saturated carbocycles. The van der Waals surface area contributed by atoms with E-state index >= 15 is 4.39 Å². The van der Waals surface area contributed by atoms with Crippen LogP contribution < -0.4 is 20.4 Å². The fraction of sp³-hybridized carbons (Fsp3) is 0.500. The predicted octanol–water partition coefficient (Wildman–Crippen LogP) is 1.96. The first kappa shape index (κ1) is 33.2. The third-order valence-corrected chi connectivity index (χ3v) is 14.0.